The molecule has 1 nitrogen and oxygen atoms in total. The molecular formula is C15H30OS. The topological polar surface area (TPSA) is 20.2 Å². The molecule has 0 heterocycles. The molecule has 1 aliphatic carbocycles. The zero-order valence-corrected chi connectivity index (χ0v) is 12.3. The Hall–Kier alpha value is 0.310. The van der Waals surface area contributed by atoms with Crippen molar-refractivity contribution in [2.75, 3.05) is 5.75 Å². The van der Waals surface area contributed by atoms with E-state index in [0.29, 0.717) is 0 Å². The molecule has 1 fully saturated rings. The van der Waals surface area contributed by atoms with Crippen molar-refractivity contribution >= 4 is 11.8 Å². The molecule has 0 aromatic heterocycles. The Balaban J connectivity index is 1.85. The summed E-state index contributed by atoms with van der Waals surface area (Å²) in [6.07, 6.45) is 14.5. The van der Waals surface area contributed by atoms with Gasteiger partial charge in [-0.05, 0) is 19.3 Å². The van der Waals surface area contributed by atoms with Gasteiger partial charge in [0.05, 0.1) is 6.10 Å². The Kier molecular flexibility index (Phi) is 9.27. The van der Waals surface area contributed by atoms with E-state index in [1.165, 1.54) is 64.2 Å². The number of rotatable bonds is 10. The van der Waals surface area contributed by atoms with Crippen molar-refractivity contribution in [2.45, 2.75) is 88.9 Å². The number of hydrogen-bond acceptors (Lipinski definition) is 2. The zero-order chi connectivity index (χ0) is 12.3. The summed E-state index contributed by atoms with van der Waals surface area (Å²) in [5, 5.41) is 10.7. The first-order valence-electron chi connectivity index (χ1n) is 7.62. The van der Waals surface area contributed by atoms with Crippen LogP contribution in [0, 0.1) is 0 Å². The zero-order valence-electron chi connectivity index (χ0n) is 11.5. The highest BCUT2D eigenvalue weighted by Gasteiger charge is 2.16. The van der Waals surface area contributed by atoms with Crippen LogP contribution >= 0.6 is 11.8 Å². The monoisotopic (exact) mass is 258 g/mol. The second-order valence-electron chi connectivity index (χ2n) is 5.45. The maximum Gasteiger partial charge on any atom is 0.0630 e. The largest absolute Gasteiger partial charge is 0.392 e. The van der Waals surface area contributed by atoms with Crippen molar-refractivity contribution in [1.82, 2.24) is 0 Å². The van der Waals surface area contributed by atoms with Crippen LogP contribution in [-0.4, -0.2) is 22.2 Å². The van der Waals surface area contributed by atoms with E-state index >= 15 is 0 Å². The lowest BCUT2D eigenvalue weighted by molar-refractivity contribution is 0.184. The SMILES string of the molecule is CCCCCCCCC(O)CSC1CCCC1. The summed E-state index contributed by atoms with van der Waals surface area (Å²) in [4.78, 5) is 0. The number of aliphatic hydroxyl groups excluding tert-OH is 1. The van der Waals surface area contributed by atoms with E-state index in [1.54, 1.807) is 0 Å². The van der Waals surface area contributed by atoms with Gasteiger partial charge in [-0.2, -0.15) is 11.8 Å². The summed E-state index contributed by atoms with van der Waals surface area (Å²) in [5.74, 6) is 0.972. The van der Waals surface area contributed by atoms with Crippen molar-refractivity contribution in [1.29, 1.82) is 0 Å². The predicted molar refractivity (Wildman–Crippen MR) is 78.7 cm³/mol. The van der Waals surface area contributed by atoms with Crippen molar-refractivity contribution in [3.8, 4) is 0 Å². The highest BCUT2D eigenvalue weighted by molar-refractivity contribution is 7.99. The van der Waals surface area contributed by atoms with Crippen LogP contribution in [0.1, 0.15) is 77.6 Å². The summed E-state index contributed by atoms with van der Waals surface area (Å²) in [7, 11) is 0. The maximum absolute atomic E-state index is 9.89. The van der Waals surface area contributed by atoms with Gasteiger partial charge in [-0.25, -0.2) is 0 Å². The fourth-order valence-corrected chi connectivity index (χ4v) is 3.87. The molecule has 1 aliphatic rings. The van der Waals surface area contributed by atoms with Gasteiger partial charge in [0.15, 0.2) is 0 Å². The molecule has 17 heavy (non-hydrogen) atoms. The van der Waals surface area contributed by atoms with Crippen LogP contribution < -0.4 is 0 Å². The van der Waals surface area contributed by atoms with E-state index in [0.717, 1.165) is 17.4 Å². The molecule has 102 valence electrons. The number of hydrogen-bond donors (Lipinski definition) is 1. The first-order chi connectivity index (χ1) is 8.33. The summed E-state index contributed by atoms with van der Waals surface area (Å²) < 4.78 is 0. The molecule has 0 amide bonds. The number of aliphatic hydroxyl groups is 1. The van der Waals surface area contributed by atoms with Gasteiger partial charge in [0.1, 0.15) is 0 Å². The van der Waals surface area contributed by atoms with Crippen LogP contribution in [0.4, 0.5) is 0 Å². The maximum atomic E-state index is 9.89. The van der Waals surface area contributed by atoms with Crippen molar-refractivity contribution in [3.05, 3.63) is 0 Å². The third-order valence-corrected chi connectivity index (χ3v) is 5.24. The van der Waals surface area contributed by atoms with Crippen LogP contribution in [0.2, 0.25) is 0 Å². The second kappa shape index (κ2) is 10.3. The lowest BCUT2D eigenvalue weighted by Gasteiger charge is -2.13. The van der Waals surface area contributed by atoms with Crippen LogP contribution in [0.3, 0.4) is 0 Å². The van der Waals surface area contributed by atoms with E-state index in [2.05, 4.69) is 6.92 Å². The van der Waals surface area contributed by atoms with Gasteiger partial charge in [-0.1, -0.05) is 58.3 Å². The molecule has 0 saturated heterocycles. The fourth-order valence-electron chi connectivity index (χ4n) is 2.55. The van der Waals surface area contributed by atoms with Crippen LogP contribution in [0.25, 0.3) is 0 Å². The normalized spacial score (nSPS) is 18.7. The Bertz CT molecular complexity index is 166. The Morgan fingerprint density at radius 1 is 1.06 bits per heavy atom. The third kappa shape index (κ3) is 8.10. The molecule has 2 heteroatoms. The first kappa shape index (κ1) is 15.4. The molecule has 0 spiro atoms. The molecule has 1 atom stereocenters. The first-order valence-corrected chi connectivity index (χ1v) is 8.67. The smallest absolute Gasteiger partial charge is 0.0630 e. The lowest BCUT2D eigenvalue weighted by atomic mass is 10.1. The molecule has 0 radical (unpaired) electrons. The van der Waals surface area contributed by atoms with E-state index in [1.807, 2.05) is 11.8 Å². The van der Waals surface area contributed by atoms with Gasteiger partial charge in [-0.15, -0.1) is 0 Å². The molecule has 0 bridgehead atoms. The van der Waals surface area contributed by atoms with Gasteiger partial charge in [0, 0.05) is 11.0 Å². The van der Waals surface area contributed by atoms with E-state index in [9.17, 15) is 5.11 Å². The minimum absolute atomic E-state index is 0.0493. The summed E-state index contributed by atoms with van der Waals surface area (Å²) in [6, 6.07) is 0. The van der Waals surface area contributed by atoms with E-state index in [4.69, 9.17) is 0 Å². The molecule has 0 aliphatic heterocycles. The summed E-state index contributed by atoms with van der Waals surface area (Å²) in [6.45, 7) is 2.25. The lowest BCUT2D eigenvalue weighted by Crippen LogP contribution is -2.12. The highest BCUT2D eigenvalue weighted by atomic mass is 32.2. The molecule has 0 aromatic carbocycles. The molecule has 1 N–H and O–H groups in total. The summed E-state index contributed by atoms with van der Waals surface area (Å²) >= 11 is 2.01. The average Bonchev–Trinajstić information content (AvgIpc) is 2.84. The minimum Gasteiger partial charge on any atom is -0.392 e. The Morgan fingerprint density at radius 3 is 2.41 bits per heavy atom. The highest BCUT2D eigenvalue weighted by Crippen LogP contribution is 2.30. The Labute approximate surface area is 112 Å². The van der Waals surface area contributed by atoms with Crippen molar-refractivity contribution in [2.24, 2.45) is 0 Å². The second-order valence-corrected chi connectivity index (χ2v) is 6.78. The third-order valence-electron chi connectivity index (χ3n) is 3.72. The minimum atomic E-state index is -0.0493. The van der Waals surface area contributed by atoms with Crippen molar-refractivity contribution in [3.63, 3.8) is 0 Å². The van der Waals surface area contributed by atoms with Crippen molar-refractivity contribution < 1.29 is 5.11 Å². The van der Waals surface area contributed by atoms with Crippen LogP contribution in [-0.2, 0) is 0 Å². The van der Waals surface area contributed by atoms with Crippen LogP contribution in [0.15, 0.2) is 0 Å². The molecule has 1 unspecified atom stereocenters. The van der Waals surface area contributed by atoms with E-state index in [-0.39, 0.29) is 6.10 Å². The number of thioether (sulfide) groups is 1. The van der Waals surface area contributed by atoms with Gasteiger partial charge in [-0.3, -0.25) is 0 Å². The van der Waals surface area contributed by atoms with Gasteiger partial charge in [0.2, 0.25) is 0 Å². The molecule has 0 aromatic rings. The average molecular weight is 258 g/mol. The predicted octanol–water partition coefficient (Wildman–Crippen LogP) is 4.77. The van der Waals surface area contributed by atoms with Gasteiger partial charge >= 0.3 is 0 Å². The van der Waals surface area contributed by atoms with E-state index < -0.39 is 0 Å². The fraction of sp³-hybridized carbons (Fsp3) is 1.00. The van der Waals surface area contributed by atoms with Gasteiger partial charge in [0.25, 0.3) is 0 Å². The Morgan fingerprint density at radius 2 is 1.71 bits per heavy atom. The standard InChI is InChI=1S/C15H30OS/c1-2-3-4-5-6-7-10-14(16)13-17-15-11-8-9-12-15/h14-16H,2-13H2,1H3. The molecule has 1 rings (SSSR count). The molecular weight excluding hydrogens is 228 g/mol. The quantitative estimate of drug-likeness (QED) is 0.569. The summed E-state index contributed by atoms with van der Waals surface area (Å²) in [5.41, 5.74) is 0. The van der Waals surface area contributed by atoms with Crippen LogP contribution in [0.5, 0.6) is 0 Å². The van der Waals surface area contributed by atoms with Gasteiger partial charge < -0.3 is 5.11 Å². The molecule has 1 saturated carbocycles. The number of unbranched alkanes of at least 4 members (excludes halogenated alkanes) is 5.